The maximum Gasteiger partial charge on any atom is 0.435 e. The van der Waals surface area contributed by atoms with Crippen molar-refractivity contribution in [3.05, 3.63) is 75.5 Å². The molecule has 5 rings (SSSR count). The summed E-state index contributed by atoms with van der Waals surface area (Å²) in [5, 5.41) is 4.68. The molecule has 0 atom stereocenters. The van der Waals surface area contributed by atoms with Crippen LogP contribution >= 0.6 is 11.3 Å². The Hall–Kier alpha value is -4.66. The Labute approximate surface area is 246 Å². The lowest BCUT2D eigenvalue weighted by Gasteiger charge is -2.35. The van der Waals surface area contributed by atoms with Crippen LogP contribution in [-0.4, -0.2) is 70.6 Å². The minimum atomic E-state index is -4.73. The molecule has 0 bridgehead atoms. The largest absolute Gasteiger partial charge is 0.493 e. The van der Waals surface area contributed by atoms with E-state index in [0.717, 1.165) is 22.1 Å². The van der Waals surface area contributed by atoms with Crippen LogP contribution in [0.1, 0.15) is 42.3 Å². The number of benzene rings is 2. The van der Waals surface area contributed by atoms with E-state index in [1.165, 1.54) is 47.5 Å². The Morgan fingerprint density at radius 3 is 2.26 bits per heavy atom. The van der Waals surface area contributed by atoms with Gasteiger partial charge in [0.15, 0.2) is 17.2 Å². The minimum Gasteiger partial charge on any atom is -0.493 e. The Morgan fingerprint density at radius 2 is 1.65 bits per heavy atom. The molecular weight excluding hydrogens is 594 g/mol. The van der Waals surface area contributed by atoms with Crippen molar-refractivity contribution in [3.63, 3.8) is 0 Å². The number of methoxy groups -OCH3 is 1. The van der Waals surface area contributed by atoms with Gasteiger partial charge in [0.25, 0.3) is 17.7 Å². The Bertz CT molecular complexity index is 1730. The zero-order valence-electron chi connectivity index (χ0n) is 22.9. The molecular formula is C28H25F4N5O5S. The van der Waals surface area contributed by atoms with Crippen LogP contribution in [0, 0.1) is 5.82 Å². The second-order valence-electron chi connectivity index (χ2n) is 9.69. The van der Waals surface area contributed by atoms with Crippen molar-refractivity contribution >= 4 is 39.3 Å². The van der Waals surface area contributed by atoms with Crippen molar-refractivity contribution in [1.82, 2.24) is 19.6 Å². The van der Waals surface area contributed by atoms with Gasteiger partial charge in [-0.3, -0.25) is 19.1 Å². The number of primary amides is 1. The first-order valence-corrected chi connectivity index (χ1v) is 13.8. The molecule has 1 saturated heterocycles. The Balaban J connectivity index is 1.28. The van der Waals surface area contributed by atoms with E-state index in [-0.39, 0.29) is 71.2 Å². The molecule has 0 spiro atoms. The van der Waals surface area contributed by atoms with Gasteiger partial charge in [-0.1, -0.05) is 12.1 Å². The molecule has 1 aliphatic heterocycles. The van der Waals surface area contributed by atoms with E-state index < -0.39 is 35.4 Å². The number of ether oxygens (including phenoxy) is 2. The minimum absolute atomic E-state index is 0.0393. The second-order valence-corrected chi connectivity index (χ2v) is 10.5. The number of fused-ring (bicyclic) bond motifs is 1. The number of amides is 3. The van der Waals surface area contributed by atoms with Crippen LogP contribution in [0.25, 0.3) is 10.2 Å². The zero-order valence-corrected chi connectivity index (χ0v) is 23.7. The molecule has 3 heterocycles. The first kappa shape index (κ1) is 29.8. The number of carbonyl (C=O) groups is 3. The highest BCUT2D eigenvalue weighted by Gasteiger charge is 2.39. The van der Waals surface area contributed by atoms with Crippen LogP contribution in [0.15, 0.2) is 41.8 Å². The molecule has 2 aromatic heterocycles. The van der Waals surface area contributed by atoms with Crippen LogP contribution in [0.2, 0.25) is 0 Å². The van der Waals surface area contributed by atoms with Crippen LogP contribution in [0.5, 0.6) is 11.5 Å². The van der Waals surface area contributed by atoms with Crippen LogP contribution in [-0.2, 0) is 19.8 Å². The highest BCUT2D eigenvalue weighted by atomic mass is 32.1. The molecule has 0 unspecified atom stereocenters. The van der Waals surface area contributed by atoms with Gasteiger partial charge < -0.3 is 25.0 Å². The predicted molar refractivity (Wildman–Crippen MR) is 148 cm³/mol. The van der Waals surface area contributed by atoms with E-state index >= 15 is 0 Å². The summed E-state index contributed by atoms with van der Waals surface area (Å²) in [6.45, 7) is 0.0307. The number of nitrogens with zero attached hydrogens (tertiary/aromatic N) is 4. The average molecular weight is 620 g/mol. The van der Waals surface area contributed by atoms with Crippen molar-refractivity contribution in [3.8, 4) is 11.5 Å². The van der Waals surface area contributed by atoms with Crippen LogP contribution in [0.4, 0.5) is 17.6 Å². The molecule has 15 heteroatoms. The molecule has 0 saturated carbocycles. The third-order valence-electron chi connectivity index (χ3n) is 7.01. The maximum absolute atomic E-state index is 14.8. The summed E-state index contributed by atoms with van der Waals surface area (Å²) < 4.78 is 67.6. The number of aryl methyl sites for hydroxylation is 1. The Kier molecular flexibility index (Phi) is 8.01. The smallest absolute Gasteiger partial charge is 0.435 e. The van der Waals surface area contributed by atoms with E-state index in [2.05, 4.69) is 5.10 Å². The molecule has 0 aliphatic carbocycles. The van der Waals surface area contributed by atoms with Gasteiger partial charge in [0.1, 0.15) is 17.3 Å². The first-order chi connectivity index (χ1) is 20.4. The van der Waals surface area contributed by atoms with E-state index in [1.54, 1.807) is 12.1 Å². The molecule has 1 fully saturated rings. The van der Waals surface area contributed by atoms with Gasteiger partial charge in [-0.05, 0) is 29.8 Å². The molecule has 2 aromatic carbocycles. The third kappa shape index (κ3) is 5.71. The van der Waals surface area contributed by atoms with E-state index in [0.29, 0.717) is 5.56 Å². The molecule has 43 heavy (non-hydrogen) atoms. The summed E-state index contributed by atoms with van der Waals surface area (Å²) in [7, 11) is 2.78. The van der Waals surface area contributed by atoms with Crippen molar-refractivity contribution in [2.75, 3.05) is 33.3 Å². The quantitative estimate of drug-likeness (QED) is 0.312. The number of thiophene rings is 1. The van der Waals surface area contributed by atoms with Crippen molar-refractivity contribution in [2.24, 2.45) is 12.8 Å². The monoisotopic (exact) mass is 619 g/mol. The summed E-state index contributed by atoms with van der Waals surface area (Å²) >= 11 is 0.989. The fourth-order valence-electron chi connectivity index (χ4n) is 4.87. The lowest BCUT2D eigenvalue weighted by atomic mass is 10.1. The number of nitrogens with two attached hydrogens (primary N) is 1. The van der Waals surface area contributed by atoms with Gasteiger partial charge in [-0.2, -0.15) is 18.3 Å². The van der Waals surface area contributed by atoms with E-state index in [1.807, 2.05) is 0 Å². The predicted octanol–water partition coefficient (Wildman–Crippen LogP) is 4.08. The number of carbonyl (C=O) groups excluding carboxylic acids is 3. The maximum atomic E-state index is 14.8. The van der Waals surface area contributed by atoms with Crippen LogP contribution in [0.3, 0.4) is 0 Å². The molecule has 3 amide bonds. The molecule has 2 N–H and O–H groups in total. The molecule has 226 valence electrons. The number of alkyl halides is 3. The lowest BCUT2D eigenvalue weighted by Crippen LogP contribution is -2.50. The van der Waals surface area contributed by atoms with Crippen molar-refractivity contribution in [1.29, 1.82) is 0 Å². The molecule has 1 aliphatic rings. The zero-order chi connectivity index (χ0) is 31.1. The fourth-order valence-corrected chi connectivity index (χ4v) is 5.84. The summed E-state index contributed by atoms with van der Waals surface area (Å²) in [6.07, 6.45) is -4.73. The van der Waals surface area contributed by atoms with Gasteiger partial charge in [0.05, 0.1) is 29.2 Å². The molecule has 4 aromatic rings. The number of aromatic nitrogens is 2. The van der Waals surface area contributed by atoms with Gasteiger partial charge >= 0.3 is 6.18 Å². The highest BCUT2D eigenvalue weighted by Crippen LogP contribution is 2.39. The highest BCUT2D eigenvalue weighted by molar-refractivity contribution is 7.17. The number of rotatable bonds is 7. The average Bonchev–Trinajstić information content (AvgIpc) is 3.56. The Morgan fingerprint density at radius 1 is 1.00 bits per heavy atom. The molecule has 0 radical (unpaired) electrons. The van der Waals surface area contributed by atoms with Gasteiger partial charge in [0, 0.05) is 38.6 Å². The van der Waals surface area contributed by atoms with E-state index in [9.17, 15) is 31.9 Å². The number of para-hydroxylation sites is 1. The first-order valence-electron chi connectivity index (χ1n) is 12.9. The van der Waals surface area contributed by atoms with Crippen molar-refractivity contribution < 1.29 is 41.4 Å². The second kappa shape index (κ2) is 11.6. The summed E-state index contributed by atoms with van der Waals surface area (Å²) in [5.41, 5.74) is 4.50. The lowest BCUT2D eigenvalue weighted by molar-refractivity contribution is -0.140. The molecule has 10 nitrogen and oxygen atoms in total. The topological polar surface area (TPSA) is 120 Å². The fraction of sp³-hybridized carbons (Fsp3) is 0.286. The SMILES string of the molecule is COc1cccc(C(N)=O)c1OCc1ccc(F)c(C(=O)N2CCN(C(=O)c3csc4c3c(C(F)(F)F)nn4C)CC2)c1. The third-order valence-corrected chi connectivity index (χ3v) is 8.06. The summed E-state index contributed by atoms with van der Waals surface area (Å²) in [4.78, 5) is 41.3. The standard InChI is InChI=1S/C28H25F4N5O5S/c1-35-27-21(23(34-35)28(30,31)32)18(14-43-27)26(40)37-10-8-36(9-11-37)25(39)17-12-15(6-7-19(17)29)13-42-22-16(24(33)38)4-3-5-20(22)41-2/h3-7,12,14H,8-11,13H2,1-2H3,(H2,33,38). The van der Waals surface area contributed by atoms with Gasteiger partial charge in [-0.15, -0.1) is 11.3 Å². The van der Waals surface area contributed by atoms with E-state index in [4.69, 9.17) is 15.2 Å². The number of halogens is 4. The summed E-state index contributed by atoms with van der Waals surface area (Å²) in [6, 6.07) is 8.51. The van der Waals surface area contributed by atoms with Crippen molar-refractivity contribution in [2.45, 2.75) is 12.8 Å². The normalized spacial score (nSPS) is 13.8. The number of hydrogen-bond acceptors (Lipinski definition) is 7. The summed E-state index contributed by atoms with van der Waals surface area (Å²) in [5.74, 6) is -2.35. The van der Waals surface area contributed by atoms with Crippen LogP contribution < -0.4 is 15.2 Å². The van der Waals surface area contributed by atoms with Gasteiger partial charge in [0.2, 0.25) is 0 Å². The number of piperazine rings is 1. The number of hydrogen-bond donors (Lipinski definition) is 1. The van der Waals surface area contributed by atoms with Gasteiger partial charge in [-0.25, -0.2) is 4.39 Å².